The molecule has 12 nitrogen and oxygen atoms in total. The fraction of sp³-hybridized carbons (Fsp3) is 0.846. The number of hydrogen-bond acceptors (Lipinski definition) is 9. The Morgan fingerprint density at radius 1 is 1.14 bits per heavy atom. The monoisotopic (exact) mass is 466 g/mol. The van der Waals surface area contributed by atoms with E-state index in [1.165, 1.54) is 13.8 Å². The molecule has 0 bridgehead atoms. The van der Waals surface area contributed by atoms with E-state index in [9.17, 15) is 28.7 Å². The number of aliphatic hydroxyl groups is 1. The predicted octanol–water partition coefficient (Wildman–Crippen LogP) is 0.239. The molecule has 0 fully saturated rings. The van der Waals surface area contributed by atoms with Crippen molar-refractivity contribution in [1.82, 2.24) is 10.6 Å². The fourth-order valence-corrected chi connectivity index (χ4v) is 3.95. The summed E-state index contributed by atoms with van der Waals surface area (Å²) >= 11 is 1.58. The van der Waals surface area contributed by atoms with Gasteiger partial charge in [0.15, 0.2) is 0 Å². The number of amides is 2. The summed E-state index contributed by atoms with van der Waals surface area (Å²) in [5.74, 6) is -0.306. The van der Waals surface area contributed by atoms with Crippen molar-refractivity contribution in [3.05, 3.63) is 0 Å². The SMILES string of the molecule is COP(=O)(O)OP(=O)(O)OCC(C)(C)C(O)C(=O)NCCC(=O)NCCSC. The van der Waals surface area contributed by atoms with Crippen LogP contribution in [0.4, 0.5) is 0 Å². The zero-order valence-corrected chi connectivity index (χ0v) is 18.7. The zero-order chi connectivity index (χ0) is 22.0. The van der Waals surface area contributed by atoms with E-state index in [2.05, 4.69) is 24.0 Å². The molecule has 0 aromatic rings. The number of nitrogens with one attached hydrogen (secondary N) is 2. The largest absolute Gasteiger partial charge is 0.481 e. The molecule has 0 heterocycles. The van der Waals surface area contributed by atoms with Gasteiger partial charge in [0.1, 0.15) is 6.10 Å². The second-order valence-electron chi connectivity index (χ2n) is 6.25. The quantitative estimate of drug-likeness (QED) is 0.175. The van der Waals surface area contributed by atoms with Gasteiger partial charge >= 0.3 is 15.6 Å². The van der Waals surface area contributed by atoms with Crippen LogP contribution in [-0.4, -0.2) is 71.6 Å². The van der Waals surface area contributed by atoms with Crippen molar-refractivity contribution in [3.63, 3.8) is 0 Å². The molecular formula is C13H28N2O10P2S. The maximum atomic E-state index is 12.0. The molecule has 0 aromatic heterocycles. The highest BCUT2D eigenvalue weighted by molar-refractivity contribution is 7.98. The van der Waals surface area contributed by atoms with Crippen molar-refractivity contribution in [2.24, 2.45) is 5.41 Å². The van der Waals surface area contributed by atoms with Gasteiger partial charge in [-0.05, 0) is 6.26 Å². The molecule has 166 valence electrons. The van der Waals surface area contributed by atoms with Crippen LogP contribution in [-0.2, 0) is 32.1 Å². The van der Waals surface area contributed by atoms with E-state index >= 15 is 0 Å². The van der Waals surface area contributed by atoms with E-state index in [4.69, 9.17) is 4.89 Å². The van der Waals surface area contributed by atoms with E-state index < -0.39 is 39.7 Å². The van der Waals surface area contributed by atoms with Crippen molar-refractivity contribution < 1.29 is 47.0 Å². The fourth-order valence-electron chi connectivity index (χ4n) is 1.65. The number of thioether (sulfide) groups is 1. The highest BCUT2D eigenvalue weighted by atomic mass is 32.2. The van der Waals surface area contributed by atoms with E-state index in [-0.39, 0.29) is 18.9 Å². The van der Waals surface area contributed by atoms with Gasteiger partial charge in [0.05, 0.1) is 6.61 Å². The van der Waals surface area contributed by atoms with Crippen molar-refractivity contribution >= 4 is 39.2 Å². The first kappa shape index (κ1) is 27.5. The first-order valence-electron chi connectivity index (χ1n) is 8.05. The van der Waals surface area contributed by atoms with Gasteiger partial charge in [0.2, 0.25) is 11.8 Å². The summed E-state index contributed by atoms with van der Waals surface area (Å²) in [7, 11) is -8.96. The van der Waals surface area contributed by atoms with Crippen LogP contribution in [0.2, 0.25) is 0 Å². The summed E-state index contributed by atoms with van der Waals surface area (Å²) < 4.78 is 35.4. The van der Waals surface area contributed by atoms with Crippen LogP contribution < -0.4 is 10.6 Å². The minimum absolute atomic E-state index is 0.0128. The summed E-state index contributed by atoms with van der Waals surface area (Å²) in [6.45, 7) is 2.56. The number of aliphatic hydroxyl groups excluding tert-OH is 1. The molecular weight excluding hydrogens is 438 g/mol. The Labute approximate surface area is 167 Å². The Bertz CT molecular complexity index is 618. The van der Waals surface area contributed by atoms with Gasteiger partial charge in [-0.25, -0.2) is 9.13 Å². The Morgan fingerprint density at radius 2 is 1.75 bits per heavy atom. The second-order valence-corrected chi connectivity index (χ2v) is 10.4. The van der Waals surface area contributed by atoms with Gasteiger partial charge in [-0.2, -0.15) is 16.1 Å². The van der Waals surface area contributed by atoms with Gasteiger partial charge in [-0.3, -0.25) is 18.6 Å². The van der Waals surface area contributed by atoms with Crippen LogP contribution in [0.3, 0.4) is 0 Å². The lowest BCUT2D eigenvalue weighted by Gasteiger charge is -2.29. The predicted molar refractivity (Wildman–Crippen MR) is 103 cm³/mol. The van der Waals surface area contributed by atoms with Crippen LogP contribution in [0.1, 0.15) is 20.3 Å². The number of hydrogen-bond donors (Lipinski definition) is 5. The molecule has 0 aliphatic carbocycles. The van der Waals surface area contributed by atoms with Crippen molar-refractivity contribution in [2.75, 3.05) is 38.8 Å². The molecule has 0 rings (SSSR count). The summed E-state index contributed by atoms with van der Waals surface area (Å²) in [4.78, 5) is 42.0. The maximum absolute atomic E-state index is 12.0. The Morgan fingerprint density at radius 3 is 2.29 bits per heavy atom. The molecule has 3 atom stereocenters. The number of rotatable bonds is 14. The Balaban J connectivity index is 4.50. The number of phosphoric acid groups is 2. The third-order valence-corrected chi connectivity index (χ3v) is 6.49. The summed E-state index contributed by atoms with van der Waals surface area (Å²) in [5.41, 5.74) is -1.36. The number of phosphoric ester groups is 2. The molecule has 5 N–H and O–H groups in total. The summed E-state index contributed by atoms with van der Waals surface area (Å²) in [5, 5.41) is 15.2. The maximum Gasteiger partial charge on any atom is 0.481 e. The van der Waals surface area contributed by atoms with Gasteiger partial charge < -0.3 is 25.5 Å². The average Bonchev–Trinajstić information content (AvgIpc) is 2.59. The van der Waals surface area contributed by atoms with Crippen molar-refractivity contribution in [3.8, 4) is 0 Å². The smallest absolute Gasteiger partial charge is 0.383 e. The third-order valence-electron chi connectivity index (χ3n) is 3.31. The van der Waals surface area contributed by atoms with E-state index in [1.807, 2.05) is 6.26 Å². The molecule has 15 heteroatoms. The topological polar surface area (TPSA) is 181 Å². The molecule has 0 radical (unpaired) electrons. The van der Waals surface area contributed by atoms with Crippen LogP contribution in [0.5, 0.6) is 0 Å². The van der Waals surface area contributed by atoms with E-state index in [1.54, 1.807) is 11.8 Å². The lowest BCUT2D eigenvalue weighted by atomic mass is 9.87. The highest BCUT2D eigenvalue weighted by Gasteiger charge is 2.39. The van der Waals surface area contributed by atoms with Gasteiger partial charge in [0.25, 0.3) is 0 Å². The molecule has 0 spiro atoms. The van der Waals surface area contributed by atoms with Crippen molar-refractivity contribution in [2.45, 2.75) is 26.4 Å². The van der Waals surface area contributed by atoms with Crippen LogP contribution in [0, 0.1) is 5.41 Å². The van der Waals surface area contributed by atoms with Crippen LogP contribution >= 0.6 is 27.4 Å². The molecule has 3 unspecified atom stereocenters. The molecule has 0 saturated carbocycles. The average molecular weight is 466 g/mol. The number of carbonyl (C=O) groups is 2. The minimum Gasteiger partial charge on any atom is -0.383 e. The molecule has 0 saturated heterocycles. The van der Waals surface area contributed by atoms with Crippen molar-refractivity contribution in [1.29, 1.82) is 0 Å². The normalized spacial score (nSPS) is 17.2. The standard InChI is InChI=1S/C13H28N2O10P2S/c1-13(2,9-24-27(21,22)25-26(19,20)23-3)11(17)12(18)15-6-5-10(16)14-7-8-28-4/h11,17H,5-9H2,1-4H3,(H,14,16)(H,15,18)(H,19,20)(H,21,22). The Kier molecular flexibility index (Phi) is 12.0. The molecule has 28 heavy (non-hydrogen) atoms. The summed E-state index contributed by atoms with van der Waals surface area (Å²) in [6.07, 6.45) is 0.267. The van der Waals surface area contributed by atoms with Gasteiger partial charge in [0, 0.05) is 37.8 Å². The highest BCUT2D eigenvalue weighted by Crippen LogP contribution is 2.60. The minimum atomic E-state index is -4.98. The van der Waals surface area contributed by atoms with Gasteiger partial charge in [-0.1, -0.05) is 13.8 Å². The first-order chi connectivity index (χ1) is 12.8. The summed E-state index contributed by atoms with van der Waals surface area (Å²) in [6, 6.07) is 0. The second kappa shape index (κ2) is 12.3. The molecule has 0 aliphatic rings. The van der Waals surface area contributed by atoms with E-state index in [0.717, 1.165) is 12.9 Å². The Hall–Kier alpha value is -0.490. The molecule has 0 aromatic carbocycles. The lowest BCUT2D eigenvalue weighted by Crippen LogP contribution is -2.46. The number of carbonyl (C=O) groups excluding carboxylic acids is 2. The zero-order valence-electron chi connectivity index (χ0n) is 16.1. The molecule has 2 amide bonds. The molecule has 0 aliphatic heterocycles. The third kappa shape index (κ3) is 11.5. The van der Waals surface area contributed by atoms with E-state index in [0.29, 0.717) is 6.54 Å². The van der Waals surface area contributed by atoms with Gasteiger partial charge in [-0.15, -0.1) is 0 Å². The lowest BCUT2D eigenvalue weighted by molar-refractivity contribution is -0.137. The first-order valence-corrected chi connectivity index (χ1v) is 12.4. The van der Waals surface area contributed by atoms with Crippen LogP contribution in [0.25, 0.3) is 0 Å². The van der Waals surface area contributed by atoms with Crippen LogP contribution in [0.15, 0.2) is 0 Å².